The van der Waals surface area contributed by atoms with Gasteiger partial charge in [0.2, 0.25) is 0 Å². The van der Waals surface area contributed by atoms with Gasteiger partial charge in [-0.1, -0.05) is 12.1 Å². The summed E-state index contributed by atoms with van der Waals surface area (Å²) >= 11 is 0. The topological polar surface area (TPSA) is 38.0 Å². The van der Waals surface area contributed by atoms with Crippen LogP contribution in [0.4, 0.5) is 17.1 Å². The highest BCUT2D eigenvalue weighted by molar-refractivity contribution is 5.61. The van der Waals surface area contributed by atoms with Crippen LogP contribution in [0.3, 0.4) is 0 Å². The molecule has 2 rings (SSSR count). The maximum Gasteiger partial charge on any atom is 0.0390 e. The zero-order valence-corrected chi connectivity index (χ0v) is 7.70. The molecule has 0 aliphatic heterocycles. The molecule has 0 spiro atoms. The third-order valence-electron chi connectivity index (χ3n) is 1.91. The van der Waals surface area contributed by atoms with Crippen molar-refractivity contribution in [1.29, 1.82) is 0 Å². The van der Waals surface area contributed by atoms with E-state index in [9.17, 15) is 0 Å². The van der Waals surface area contributed by atoms with Gasteiger partial charge in [0, 0.05) is 17.1 Å². The summed E-state index contributed by atoms with van der Waals surface area (Å²) in [5, 5.41) is 3.24. The largest absolute Gasteiger partial charge is 0.399 e. The predicted octanol–water partition coefficient (Wildman–Crippen LogP) is 2.81. The van der Waals surface area contributed by atoms with Crippen molar-refractivity contribution in [3.8, 4) is 0 Å². The Hall–Kier alpha value is -1.96. The van der Waals surface area contributed by atoms with Crippen molar-refractivity contribution in [2.75, 3.05) is 11.1 Å². The van der Waals surface area contributed by atoms with Crippen molar-refractivity contribution in [1.82, 2.24) is 0 Å². The molecule has 3 N–H and O–H groups in total. The Morgan fingerprint density at radius 1 is 1.00 bits per heavy atom. The van der Waals surface area contributed by atoms with Crippen LogP contribution >= 0.6 is 0 Å². The molecule has 0 bridgehead atoms. The molecule has 0 heterocycles. The molecule has 0 saturated carbocycles. The lowest BCUT2D eigenvalue weighted by Crippen LogP contribution is -1.90. The van der Waals surface area contributed by atoms with Crippen molar-refractivity contribution >= 4 is 17.1 Å². The maximum absolute atomic E-state index is 5.59. The number of hydrogen-bond acceptors (Lipinski definition) is 2. The van der Waals surface area contributed by atoms with Gasteiger partial charge < -0.3 is 11.1 Å². The molecule has 0 amide bonds. The molecular weight excluding hydrogens is 172 g/mol. The number of nitrogens with two attached hydrogens (primary N) is 1. The normalized spacial score (nSPS) is 9.71. The quantitative estimate of drug-likeness (QED) is 0.702. The van der Waals surface area contributed by atoms with E-state index < -0.39 is 0 Å². The molecule has 0 aromatic heterocycles. The molecule has 69 valence electrons. The second-order valence-electron chi connectivity index (χ2n) is 3.04. The molecule has 0 aliphatic carbocycles. The van der Waals surface area contributed by atoms with Gasteiger partial charge in [-0.2, -0.15) is 0 Å². The van der Waals surface area contributed by atoms with Crippen molar-refractivity contribution < 1.29 is 0 Å². The van der Waals surface area contributed by atoms with Gasteiger partial charge in [-0.25, -0.2) is 0 Å². The highest BCUT2D eigenvalue weighted by atomic mass is 14.9. The van der Waals surface area contributed by atoms with Gasteiger partial charge in [0.15, 0.2) is 0 Å². The van der Waals surface area contributed by atoms with Crippen molar-refractivity contribution in [3.05, 3.63) is 54.6 Å². The van der Waals surface area contributed by atoms with Gasteiger partial charge in [-0.05, 0) is 42.5 Å². The SMILES string of the molecule is Nc1ccc(Nc2c[c]ccc2)cc1. The fourth-order valence-electron chi connectivity index (χ4n) is 1.20. The van der Waals surface area contributed by atoms with Crippen LogP contribution < -0.4 is 11.1 Å². The van der Waals surface area contributed by atoms with Crippen LogP contribution in [0.1, 0.15) is 0 Å². The summed E-state index contributed by atoms with van der Waals surface area (Å²) in [6.07, 6.45) is 0. The van der Waals surface area contributed by atoms with Crippen molar-refractivity contribution in [2.24, 2.45) is 0 Å². The number of rotatable bonds is 2. The fraction of sp³-hybridized carbons (Fsp3) is 0. The zero-order valence-electron chi connectivity index (χ0n) is 7.70. The molecule has 2 heteroatoms. The van der Waals surface area contributed by atoms with Gasteiger partial charge in [0.1, 0.15) is 0 Å². The highest BCUT2D eigenvalue weighted by Gasteiger charge is 1.92. The van der Waals surface area contributed by atoms with E-state index in [-0.39, 0.29) is 0 Å². The van der Waals surface area contributed by atoms with Crippen LogP contribution in [0.25, 0.3) is 0 Å². The van der Waals surface area contributed by atoms with Crippen LogP contribution in [0, 0.1) is 6.07 Å². The van der Waals surface area contributed by atoms with Gasteiger partial charge in [0.25, 0.3) is 0 Å². The Morgan fingerprint density at radius 3 is 2.43 bits per heavy atom. The average Bonchev–Trinajstić information content (AvgIpc) is 2.23. The molecule has 2 aromatic rings. The summed E-state index contributed by atoms with van der Waals surface area (Å²) in [6.45, 7) is 0. The number of benzene rings is 2. The summed E-state index contributed by atoms with van der Waals surface area (Å²) in [4.78, 5) is 0. The van der Waals surface area contributed by atoms with Crippen molar-refractivity contribution in [3.63, 3.8) is 0 Å². The third kappa shape index (κ3) is 2.04. The first-order valence-corrected chi connectivity index (χ1v) is 4.43. The molecule has 0 fully saturated rings. The van der Waals surface area contributed by atoms with Gasteiger partial charge in [-0.3, -0.25) is 0 Å². The maximum atomic E-state index is 5.59. The third-order valence-corrected chi connectivity index (χ3v) is 1.91. The monoisotopic (exact) mass is 183 g/mol. The molecule has 1 radical (unpaired) electrons. The number of hydrogen-bond donors (Lipinski definition) is 2. The minimum Gasteiger partial charge on any atom is -0.399 e. The van der Waals surface area contributed by atoms with E-state index in [4.69, 9.17) is 5.73 Å². The molecule has 0 aliphatic rings. The molecule has 2 nitrogen and oxygen atoms in total. The van der Waals surface area contributed by atoms with E-state index in [0.717, 1.165) is 17.1 Å². The van der Waals surface area contributed by atoms with E-state index in [2.05, 4.69) is 11.4 Å². The van der Waals surface area contributed by atoms with Crippen molar-refractivity contribution in [2.45, 2.75) is 0 Å². The van der Waals surface area contributed by atoms with Crippen LogP contribution in [0.15, 0.2) is 48.5 Å². The van der Waals surface area contributed by atoms with E-state index in [0.29, 0.717) is 0 Å². The molecule has 2 aromatic carbocycles. The summed E-state index contributed by atoms with van der Waals surface area (Å²) in [5.74, 6) is 0. The first-order valence-electron chi connectivity index (χ1n) is 4.43. The Morgan fingerprint density at radius 2 is 1.79 bits per heavy atom. The smallest absolute Gasteiger partial charge is 0.0390 e. The molecule has 0 saturated heterocycles. The standard InChI is InChI=1S/C12H11N2/c13-10-6-8-12(9-7-10)14-11-4-2-1-3-5-11/h1-2,4-9,14H,13H2. The number of nitrogen functional groups attached to an aromatic ring is 1. The van der Waals surface area contributed by atoms with E-state index in [1.807, 2.05) is 48.5 Å². The van der Waals surface area contributed by atoms with E-state index in [1.165, 1.54) is 0 Å². The molecule has 0 atom stereocenters. The van der Waals surface area contributed by atoms with E-state index >= 15 is 0 Å². The average molecular weight is 183 g/mol. The summed E-state index contributed by atoms with van der Waals surface area (Å²) < 4.78 is 0. The van der Waals surface area contributed by atoms with Crippen LogP contribution in [-0.4, -0.2) is 0 Å². The predicted molar refractivity (Wildman–Crippen MR) is 59.4 cm³/mol. The lowest BCUT2D eigenvalue weighted by Gasteiger charge is -2.05. The second-order valence-corrected chi connectivity index (χ2v) is 3.04. The number of nitrogens with one attached hydrogen (secondary N) is 1. The van der Waals surface area contributed by atoms with Gasteiger partial charge in [-0.15, -0.1) is 0 Å². The Labute approximate surface area is 83.4 Å². The Bertz CT molecular complexity index is 392. The molecule has 14 heavy (non-hydrogen) atoms. The van der Waals surface area contributed by atoms with Crippen LogP contribution in [-0.2, 0) is 0 Å². The van der Waals surface area contributed by atoms with Gasteiger partial charge >= 0.3 is 0 Å². The number of anilines is 3. The summed E-state index contributed by atoms with van der Waals surface area (Å²) in [6, 6.07) is 18.3. The van der Waals surface area contributed by atoms with Gasteiger partial charge in [0.05, 0.1) is 0 Å². The first kappa shape index (κ1) is 8.63. The van der Waals surface area contributed by atoms with Crippen LogP contribution in [0.2, 0.25) is 0 Å². The first-order chi connectivity index (χ1) is 6.84. The fourth-order valence-corrected chi connectivity index (χ4v) is 1.20. The zero-order chi connectivity index (χ0) is 9.80. The van der Waals surface area contributed by atoms with Crippen LogP contribution in [0.5, 0.6) is 0 Å². The molecule has 0 unspecified atom stereocenters. The summed E-state index contributed by atoms with van der Waals surface area (Å²) in [7, 11) is 0. The molecular formula is C12H11N2. The minimum absolute atomic E-state index is 0.773. The lowest BCUT2D eigenvalue weighted by atomic mass is 10.2. The Balaban J connectivity index is 2.16. The second kappa shape index (κ2) is 3.83. The minimum atomic E-state index is 0.773. The Kier molecular flexibility index (Phi) is 2.36. The lowest BCUT2D eigenvalue weighted by molar-refractivity contribution is 1.54. The summed E-state index contributed by atoms with van der Waals surface area (Å²) in [5.41, 5.74) is 8.41. The highest BCUT2D eigenvalue weighted by Crippen LogP contribution is 2.16. The van der Waals surface area contributed by atoms with E-state index in [1.54, 1.807) is 0 Å².